The molecule has 0 aliphatic heterocycles. The lowest BCUT2D eigenvalue weighted by molar-refractivity contribution is -0.137. The molecule has 0 heterocycles. The van der Waals surface area contributed by atoms with Crippen molar-refractivity contribution >= 4 is 5.97 Å². The lowest BCUT2D eigenvalue weighted by Gasteiger charge is -1.99. The Bertz CT molecular complexity index is 249. The smallest absolute Gasteiger partial charge is 0.303 e. The number of aliphatic hydroxyl groups is 1. The molecule has 3 heteroatoms. The van der Waals surface area contributed by atoms with Crippen molar-refractivity contribution in [1.82, 2.24) is 0 Å². The molecule has 138 valence electrons. The Hall–Kier alpha value is -0.830. The van der Waals surface area contributed by atoms with E-state index in [9.17, 15) is 4.79 Å². The van der Waals surface area contributed by atoms with E-state index in [2.05, 4.69) is 19.1 Å². The average Bonchev–Trinajstić information content (AvgIpc) is 2.51. The standard InChI is InChI=1S/C18H34O2.C2H6O/c1-2-3-4-5-6-7-8-9-10-11-12-13-14-15-16-17-18(19)20;1-2-3/h9-10H,2-8,11-17H2,1H3,(H,19,20);3H,2H2,1H3/b10-9-;. The molecule has 0 fully saturated rings. The highest BCUT2D eigenvalue weighted by molar-refractivity contribution is 5.66. The Kier molecular flexibility index (Phi) is 24.9. The Labute approximate surface area is 144 Å². The number of hydrogen-bond donors (Lipinski definition) is 2. The Morgan fingerprint density at radius 2 is 1.13 bits per heavy atom. The molecule has 0 rings (SSSR count). The van der Waals surface area contributed by atoms with Crippen LogP contribution in [0.5, 0.6) is 0 Å². The fourth-order valence-electron chi connectivity index (χ4n) is 2.35. The third kappa shape index (κ3) is 29.8. The molecule has 0 aromatic heterocycles. The second-order valence-electron chi connectivity index (χ2n) is 6.04. The molecule has 3 nitrogen and oxygen atoms in total. The molecule has 0 saturated heterocycles. The minimum atomic E-state index is -0.664. The predicted octanol–water partition coefficient (Wildman–Crippen LogP) is 6.11. The van der Waals surface area contributed by atoms with Crippen LogP contribution in [0.1, 0.15) is 104 Å². The first kappa shape index (κ1) is 24.4. The zero-order valence-electron chi connectivity index (χ0n) is 15.6. The van der Waals surface area contributed by atoms with Crippen molar-refractivity contribution in [3.05, 3.63) is 12.2 Å². The molecule has 0 radical (unpaired) electrons. The van der Waals surface area contributed by atoms with E-state index in [-0.39, 0.29) is 6.61 Å². The summed E-state index contributed by atoms with van der Waals surface area (Å²) in [6.07, 6.45) is 21.2. The van der Waals surface area contributed by atoms with Gasteiger partial charge in [0.1, 0.15) is 0 Å². The Morgan fingerprint density at radius 3 is 1.57 bits per heavy atom. The van der Waals surface area contributed by atoms with Crippen LogP contribution in [0.4, 0.5) is 0 Å². The molecule has 23 heavy (non-hydrogen) atoms. The fourth-order valence-corrected chi connectivity index (χ4v) is 2.35. The minimum Gasteiger partial charge on any atom is -0.481 e. The van der Waals surface area contributed by atoms with Crippen LogP contribution in [0.15, 0.2) is 12.2 Å². The van der Waals surface area contributed by atoms with Gasteiger partial charge in [-0.05, 0) is 39.0 Å². The van der Waals surface area contributed by atoms with Crippen molar-refractivity contribution in [3.8, 4) is 0 Å². The number of aliphatic hydroxyl groups excluding tert-OH is 1. The monoisotopic (exact) mass is 328 g/mol. The van der Waals surface area contributed by atoms with E-state index in [1.807, 2.05) is 0 Å². The third-order valence-electron chi connectivity index (χ3n) is 3.65. The van der Waals surface area contributed by atoms with Gasteiger partial charge in [-0.1, -0.05) is 70.4 Å². The molecule has 0 atom stereocenters. The van der Waals surface area contributed by atoms with Crippen molar-refractivity contribution in [2.24, 2.45) is 0 Å². The van der Waals surface area contributed by atoms with Gasteiger partial charge in [0.15, 0.2) is 0 Å². The summed E-state index contributed by atoms with van der Waals surface area (Å²) in [5.41, 5.74) is 0. The van der Waals surface area contributed by atoms with Gasteiger partial charge in [-0.15, -0.1) is 0 Å². The molecule has 0 aliphatic carbocycles. The number of allylic oxidation sites excluding steroid dienone is 2. The maximum Gasteiger partial charge on any atom is 0.303 e. The molecular weight excluding hydrogens is 288 g/mol. The van der Waals surface area contributed by atoms with Crippen molar-refractivity contribution < 1.29 is 15.0 Å². The van der Waals surface area contributed by atoms with Crippen molar-refractivity contribution in [2.75, 3.05) is 6.61 Å². The SMILES string of the molecule is CCCCCCCC/C=C\CCCCCCCC(=O)O.CCO. The molecule has 0 spiro atoms. The Balaban J connectivity index is 0. The quantitative estimate of drug-likeness (QED) is 0.282. The largest absolute Gasteiger partial charge is 0.481 e. The fraction of sp³-hybridized carbons (Fsp3) is 0.850. The van der Waals surface area contributed by atoms with E-state index >= 15 is 0 Å². The molecular formula is C20H40O3. The van der Waals surface area contributed by atoms with Gasteiger partial charge in [0.2, 0.25) is 0 Å². The lowest BCUT2D eigenvalue weighted by atomic mass is 10.1. The van der Waals surface area contributed by atoms with Crippen molar-refractivity contribution in [3.63, 3.8) is 0 Å². The maximum absolute atomic E-state index is 10.3. The van der Waals surface area contributed by atoms with Crippen LogP contribution >= 0.6 is 0 Å². The zero-order chi connectivity index (χ0) is 17.6. The van der Waals surface area contributed by atoms with Crippen LogP contribution in [0, 0.1) is 0 Å². The van der Waals surface area contributed by atoms with Gasteiger partial charge in [0, 0.05) is 13.0 Å². The predicted molar refractivity (Wildman–Crippen MR) is 99.8 cm³/mol. The lowest BCUT2D eigenvalue weighted by Crippen LogP contribution is -1.93. The van der Waals surface area contributed by atoms with Crippen LogP contribution in [-0.2, 0) is 4.79 Å². The number of carboxylic acids is 1. The molecule has 0 unspecified atom stereocenters. The summed E-state index contributed by atoms with van der Waals surface area (Å²) in [4.78, 5) is 10.3. The molecule has 0 aromatic carbocycles. The third-order valence-corrected chi connectivity index (χ3v) is 3.65. The number of rotatable bonds is 15. The van der Waals surface area contributed by atoms with Crippen LogP contribution in [-0.4, -0.2) is 22.8 Å². The summed E-state index contributed by atoms with van der Waals surface area (Å²) in [7, 11) is 0. The van der Waals surface area contributed by atoms with Crippen LogP contribution in [0.2, 0.25) is 0 Å². The molecule has 0 bridgehead atoms. The highest BCUT2D eigenvalue weighted by atomic mass is 16.4. The van der Waals surface area contributed by atoms with Gasteiger partial charge in [-0.3, -0.25) is 4.79 Å². The summed E-state index contributed by atoms with van der Waals surface area (Å²) in [5.74, 6) is -0.664. The number of carboxylic acid groups (broad SMARTS) is 1. The highest BCUT2D eigenvalue weighted by Crippen LogP contribution is 2.09. The summed E-state index contributed by atoms with van der Waals surface area (Å²) >= 11 is 0. The van der Waals surface area contributed by atoms with E-state index in [1.54, 1.807) is 6.92 Å². The normalized spacial score (nSPS) is 10.6. The Morgan fingerprint density at radius 1 is 0.739 bits per heavy atom. The van der Waals surface area contributed by atoms with Gasteiger partial charge in [-0.25, -0.2) is 0 Å². The van der Waals surface area contributed by atoms with Gasteiger partial charge in [-0.2, -0.15) is 0 Å². The van der Waals surface area contributed by atoms with E-state index in [0.717, 1.165) is 12.8 Å². The maximum atomic E-state index is 10.3. The first-order chi connectivity index (χ1) is 11.2. The van der Waals surface area contributed by atoms with E-state index in [4.69, 9.17) is 10.2 Å². The zero-order valence-corrected chi connectivity index (χ0v) is 15.6. The number of carbonyl (C=O) groups is 1. The highest BCUT2D eigenvalue weighted by Gasteiger charge is 1.95. The van der Waals surface area contributed by atoms with Crippen molar-refractivity contribution in [1.29, 1.82) is 0 Å². The number of aliphatic carboxylic acids is 1. The van der Waals surface area contributed by atoms with E-state index < -0.39 is 5.97 Å². The second-order valence-corrected chi connectivity index (χ2v) is 6.04. The van der Waals surface area contributed by atoms with Gasteiger partial charge >= 0.3 is 5.97 Å². The molecule has 0 saturated carbocycles. The van der Waals surface area contributed by atoms with E-state index in [1.165, 1.54) is 70.6 Å². The molecule has 0 aliphatic rings. The summed E-state index contributed by atoms with van der Waals surface area (Å²) in [6, 6.07) is 0. The minimum absolute atomic E-state index is 0.250. The van der Waals surface area contributed by atoms with Crippen LogP contribution < -0.4 is 0 Å². The summed E-state index contributed by atoms with van der Waals surface area (Å²) in [6.45, 7) is 4.19. The van der Waals surface area contributed by atoms with Crippen LogP contribution in [0.3, 0.4) is 0 Å². The van der Waals surface area contributed by atoms with Gasteiger partial charge < -0.3 is 10.2 Å². The number of unbranched alkanes of at least 4 members (excludes halogenated alkanes) is 11. The summed E-state index contributed by atoms with van der Waals surface area (Å²) in [5, 5.41) is 16.1. The summed E-state index contributed by atoms with van der Waals surface area (Å²) < 4.78 is 0. The first-order valence-corrected chi connectivity index (χ1v) is 9.66. The first-order valence-electron chi connectivity index (χ1n) is 9.66. The molecule has 0 amide bonds. The van der Waals surface area contributed by atoms with Crippen molar-refractivity contribution in [2.45, 2.75) is 104 Å². The van der Waals surface area contributed by atoms with Gasteiger partial charge in [0.05, 0.1) is 0 Å². The second kappa shape index (κ2) is 23.4. The topological polar surface area (TPSA) is 57.5 Å². The van der Waals surface area contributed by atoms with Crippen LogP contribution in [0.25, 0.3) is 0 Å². The molecule has 2 N–H and O–H groups in total. The van der Waals surface area contributed by atoms with E-state index in [0.29, 0.717) is 6.42 Å². The average molecular weight is 329 g/mol. The van der Waals surface area contributed by atoms with Gasteiger partial charge in [0.25, 0.3) is 0 Å². The molecule has 0 aromatic rings. The number of hydrogen-bond acceptors (Lipinski definition) is 2.